The van der Waals surface area contributed by atoms with Crippen molar-refractivity contribution in [3.63, 3.8) is 0 Å². The maximum atomic E-state index is 11.7. The second kappa shape index (κ2) is 5.99. The van der Waals surface area contributed by atoms with Crippen LogP contribution in [0.25, 0.3) is 0 Å². The second-order valence-corrected chi connectivity index (χ2v) is 4.94. The first-order chi connectivity index (χ1) is 6.81. The smallest absolute Gasteiger partial charge is 0.410 e. The summed E-state index contributed by atoms with van der Waals surface area (Å²) in [7, 11) is 1.82. The van der Waals surface area contributed by atoms with Crippen LogP contribution in [0.2, 0.25) is 0 Å². The molecule has 0 aliphatic heterocycles. The van der Waals surface area contributed by atoms with Crippen molar-refractivity contribution in [1.82, 2.24) is 4.90 Å². The summed E-state index contributed by atoms with van der Waals surface area (Å²) in [6.07, 6.45) is 2.88. The van der Waals surface area contributed by atoms with Gasteiger partial charge in [0.2, 0.25) is 0 Å². The molecule has 0 radical (unpaired) electrons. The van der Waals surface area contributed by atoms with E-state index in [-0.39, 0.29) is 6.09 Å². The largest absolute Gasteiger partial charge is 0.444 e. The molecule has 90 valence electrons. The minimum absolute atomic E-state index is 0.220. The van der Waals surface area contributed by atoms with Crippen LogP contribution in [0.15, 0.2) is 0 Å². The van der Waals surface area contributed by atoms with E-state index in [0.717, 1.165) is 19.3 Å². The van der Waals surface area contributed by atoms with Gasteiger partial charge in [0.1, 0.15) is 5.60 Å². The topological polar surface area (TPSA) is 29.5 Å². The monoisotopic (exact) mass is 215 g/mol. The molecule has 0 saturated heterocycles. The molecule has 0 aliphatic rings. The second-order valence-electron chi connectivity index (χ2n) is 4.94. The van der Waals surface area contributed by atoms with Gasteiger partial charge in [0, 0.05) is 13.1 Å². The van der Waals surface area contributed by atoms with Crippen LogP contribution in [0.4, 0.5) is 4.79 Å². The third kappa shape index (κ3) is 5.65. The number of hydrogen-bond acceptors (Lipinski definition) is 2. The molecule has 0 aromatic rings. The molecule has 3 heteroatoms. The van der Waals surface area contributed by atoms with E-state index in [4.69, 9.17) is 4.74 Å². The molecule has 0 unspecified atom stereocenters. The normalized spacial score (nSPS) is 13.5. The quantitative estimate of drug-likeness (QED) is 0.719. The van der Waals surface area contributed by atoms with E-state index in [2.05, 4.69) is 13.8 Å². The molecule has 0 rings (SSSR count). The van der Waals surface area contributed by atoms with Gasteiger partial charge in [-0.15, -0.1) is 0 Å². The van der Waals surface area contributed by atoms with Crippen LogP contribution >= 0.6 is 0 Å². The Kier molecular flexibility index (Phi) is 5.69. The van der Waals surface area contributed by atoms with Crippen molar-refractivity contribution in [1.29, 1.82) is 0 Å². The fraction of sp³-hybridized carbons (Fsp3) is 0.917. The SMILES string of the molecule is CCC[C@H](CC)N(C)C(=O)OC(C)(C)C. The van der Waals surface area contributed by atoms with Crippen molar-refractivity contribution in [3.8, 4) is 0 Å². The Hall–Kier alpha value is -0.730. The fourth-order valence-electron chi connectivity index (χ4n) is 1.49. The lowest BCUT2D eigenvalue weighted by Gasteiger charge is -2.30. The Balaban J connectivity index is 4.28. The van der Waals surface area contributed by atoms with Crippen LogP contribution in [0.3, 0.4) is 0 Å². The van der Waals surface area contributed by atoms with Gasteiger partial charge >= 0.3 is 6.09 Å². The zero-order chi connectivity index (χ0) is 12.1. The van der Waals surface area contributed by atoms with Crippen LogP contribution in [-0.4, -0.2) is 29.7 Å². The third-order valence-electron chi connectivity index (χ3n) is 2.32. The van der Waals surface area contributed by atoms with Gasteiger partial charge in [-0.05, 0) is 33.6 Å². The van der Waals surface area contributed by atoms with Gasteiger partial charge in [-0.25, -0.2) is 4.79 Å². The predicted molar refractivity (Wildman–Crippen MR) is 63.0 cm³/mol. The summed E-state index contributed by atoms with van der Waals surface area (Å²) in [6.45, 7) is 9.89. The average Bonchev–Trinajstić information content (AvgIpc) is 2.10. The van der Waals surface area contributed by atoms with Gasteiger partial charge in [0.25, 0.3) is 0 Å². The molecule has 3 nitrogen and oxygen atoms in total. The average molecular weight is 215 g/mol. The molecule has 0 heterocycles. The Morgan fingerprint density at radius 2 is 1.87 bits per heavy atom. The van der Waals surface area contributed by atoms with Crippen molar-refractivity contribution < 1.29 is 9.53 Å². The molecule has 15 heavy (non-hydrogen) atoms. The first-order valence-corrected chi connectivity index (χ1v) is 5.77. The van der Waals surface area contributed by atoms with Crippen molar-refractivity contribution >= 4 is 6.09 Å². The molecule has 0 fully saturated rings. The Bertz CT molecular complexity index is 196. The first kappa shape index (κ1) is 14.3. The highest BCUT2D eigenvalue weighted by molar-refractivity contribution is 5.68. The number of nitrogens with zero attached hydrogens (tertiary/aromatic N) is 1. The molecule has 0 aromatic heterocycles. The molecule has 0 spiro atoms. The van der Waals surface area contributed by atoms with E-state index in [0.29, 0.717) is 6.04 Å². The van der Waals surface area contributed by atoms with Gasteiger partial charge in [-0.1, -0.05) is 20.3 Å². The third-order valence-corrected chi connectivity index (χ3v) is 2.32. The summed E-state index contributed by atoms with van der Waals surface area (Å²) in [6, 6.07) is 0.296. The van der Waals surface area contributed by atoms with E-state index in [1.54, 1.807) is 4.90 Å². The van der Waals surface area contributed by atoms with Gasteiger partial charge in [0.05, 0.1) is 0 Å². The Labute approximate surface area is 93.8 Å². The highest BCUT2D eigenvalue weighted by Crippen LogP contribution is 2.14. The predicted octanol–water partition coefficient (Wildman–Crippen LogP) is 3.43. The molecule has 1 atom stereocenters. The van der Waals surface area contributed by atoms with Gasteiger partial charge in [0.15, 0.2) is 0 Å². The molecular formula is C12H25NO2. The zero-order valence-electron chi connectivity index (χ0n) is 11.0. The fourth-order valence-corrected chi connectivity index (χ4v) is 1.49. The lowest BCUT2D eigenvalue weighted by atomic mass is 10.1. The lowest BCUT2D eigenvalue weighted by Crippen LogP contribution is -2.40. The molecule has 0 aromatic carbocycles. The number of hydrogen-bond donors (Lipinski definition) is 0. The standard InChI is InChI=1S/C12H25NO2/c1-7-9-10(8-2)13(6)11(14)15-12(3,4)5/h10H,7-9H2,1-6H3/t10-/m0/s1. The summed E-state index contributed by atoms with van der Waals surface area (Å²) in [5, 5.41) is 0. The molecule has 0 saturated carbocycles. The van der Waals surface area contributed by atoms with Crippen molar-refractivity contribution in [2.45, 2.75) is 65.5 Å². The number of carbonyl (C=O) groups is 1. The summed E-state index contributed by atoms with van der Waals surface area (Å²) < 4.78 is 5.32. The summed E-state index contributed by atoms with van der Waals surface area (Å²) in [5.41, 5.74) is -0.407. The van der Waals surface area contributed by atoms with Crippen LogP contribution in [0.5, 0.6) is 0 Å². The van der Waals surface area contributed by atoms with E-state index in [1.807, 2.05) is 27.8 Å². The maximum absolute atomic E-state index is 11.7. The van der Waals surface area contributed by atoms with Crippen molar-refractivity contribution in [2.24, 2.45) is 0 Å². The highest BCUT2D eigenvalue weighted by Gasteiger charge is 2.23. The zero-order valence-corrected chi connectivity index (χ0v) is 11.0. The molecule has 0 N–H and O–H groups in total. The van der Waals surface area contributed by atoms with Crippen LogP contribution in [0.1, 0.15) is 53.9 Å². The first-order valence-electron chi connectivity index (χ1n) is 5.77. The van der Waals surface area contributed by atoms with E-state index in [1.165, 1.54) is 0 Å². The van der Waals surface area contributed by atoms with Crippen molar-refractivity contribution in [3.05, 3.63) is 0 Å². The van der Waals surface area contributed by atoms with Gasteiger partial charge in [-0.2, -0.15) is 0 Å². The molecule has 0 bridgehead atoms. The molecular weight excluding hydrogens is 190 g/mol. The van der Waals surface area contributed by atoms with E-state index >= 15 is 0 Å². The van der Waals surface area contributed by atoms with E-state index < -0.39 is 5.60 Å². The highest BCUT2D eigenvalue weighted by atomic mass is 16.6. The maximum Gasteiger partial charge on any atom is 0.410 e. The van der Waals surface area contributed by atoms with Crippen LogP contribution in [-0.2, 0) is 4.74 Å². The van der Waals surface area contributed by atoms with Crippen molar-refractivity contribution in [2.75, 3.05) is 7.05 Å². The van der Waals surface area contributed by atoms with Gasteiger partial charge in [-0.3, -0.25) is 0 Å². The summed E-state index contributed by atoms with van der Waals surface area (Å²) in [4.78, 5) is 13.5. The number of ether oxygens (including phenoxy) is 1. The van der Waals surface area contributed by atoms with Crippen LogP contribution < -0.4 is 0 Å². The summed E-state index contributed by atoms with van der Waals surface area (Å²) >= 11 is 0. The van der Waals surface area contributed by atoms with Gasteiger partial charge < -0.3 is 9.64 Å². The minimum Gasteiger partial charge on any atom is -0.444 e. The lowest BCUT2D eigenvalue weighted by molar-refractivity contribution is 0.0210. The van der Waals surface area contributed by atoms with E-state index in [9.17, 15) is 4.79 Å². The minimum atomic E-state index is -0.407. The molecule has 0 aliphatic carbocycles. The number of amides is 1. The Morgan fingerprint density at radius 3 is 2.20 bits per heavy atom. The summed E-state index contributed by atoms with van der Waals surface area (Å²) in [5.74, 6) is 0. The number of carbonyl (C=O) groups excluding carboxylic acids is 1. The van der Waals surface area contributed by atoms with Crippen LogP contribution in [0, 0.1) is 0 Å². The molecule has 1 amide bonds. The number of rotatable bonds is 4. The Morgan fingerprint density at radius 1 is 1.33 bits per heavy atom.